The lowest BCUT2D eigenvalue weighted by Crippen LogP contribution is -2.04. The molecule has 0 saturated carbocycles. The molecule has 2 heterocycles. The fourth-order valence-corrected chi connectivity index (χ4v) is 4.35. The Labute approximate surface area is 207 Å². The van der Waals surface area contributed by atoms with E-state index in [9.17, 15) is 4.79 Å². The van der Waals surface area contributed by atoms with Gasteiger partial charge in [0.1, 0.15) is 30.1 Å². The molecule has 6 nitrogen and oxygen atoms in total. The van der Waals surface area contributed by atoms with Crippen LogP contribution in [0, 0.1) is 0 Å². The number of hydrogen-bond acceptors (Lipinski definition) is 5. The van der Waals surface area contributed by atoms with Crippen LogP contribution in [0.3, 0.4) is 0 Å². The van der Waals surface area contributed by atoms with E-state index in [1.54, 1.807) is 6.20 Å². The van der Waals surface area contributed by atoms with Gasteiger partial charge in [-0.15, -0.1) is 0 Å². The second kappa shape index (κ2) is 9.35. The summed E-state index contributed by atoms with van der Waals surface area (Å²) in [5.41, 5.74) is 3.64. The van der Waals surface area contributed by atoms with Crippen LogP contribution in [0.5, 0.6) is 5.75 Å². The second-order valence-corrected chi connectivity index (χ2v) is 8.43. The molecule has 0 atom stereocenters. The Morgan fingerprint density at radius 3 is 2.56 bits per heavy atom. The van der Waals surface area contributed by atoms with Gasteiger partial charge in [0.05, 0.1) is 10.9 Å². The van der Waals surface area contributed by atoms with Crippen molar-refractivity contribution in [2.45, 2.75) is 6.61 Å². The Hall–Kier alpha value is -4.97. The van der Waals surface area contributed by atoms with Gasteiger partial charge in [-0.2, -0.15) is 0 Å². The number of hydrogen-bond donors (Lipinski definition) is 2. The van der Waals surface area contributed by atoms with E-state index in [4.69, 9.17) is 4.74 Å². The van der Waals surface area contributed by atoms with E-state index in [0.717, 1.165) is 27.8 Å². The first-order chi connectivity index (χ1) is 17.8. The summed E-state index contributed by atoms with van der Waals surface area (Å²) in [6.45, 7) is 0.476. The summed E-state index contributed by atoms with van der Waals surface area (Å²) in [5.74, 6) is 1.19. The molecule has 4 aromatic carbocycles. The molecule has 0 spiro atoms. The third-order valence-corrected chi connectivity index (χ3v) is 6.09. The number of ketones is 1. The fourth-order valence-electron chi connectivity index (χ4n) is 4.35. The number of H-pyrrole nitrogens is 1. The van der Waals surface area contributed by atoms with Crippen molar-refractivity contribution in [2.75, 3.05) is 5.32 Å². The molecule has 6 rings (SSSR count). The molecular formula is C30H22N4O2. The van der Waals surface area contributed by atoms with Gasteiger partial charge in [-0.25, -0.2) is 9.97 Å². The molecule has 0 aliphatic heterocycles. The zero-order chi connectivity index (χ0) is 24.3. The quantitative estimate of drug-likeness (QED) is 0.255. The smallest absolute Gasteiger partial charge is 0.195 e. The van der Waals surface area contributed by atoms with Crippen LogP contribution in [0.15, 0.2) is 110 Å². The van der Waals surface area contributed by atoms with E-state index in [1.165, 1.54) is 6.33 Å². The zero-order valence-electron chi connectivity index (χ0n) is 19.3. The summed E-state index contributed by atoms with van der Waals surface area (Å²) >= 11 is 0. The Kier molecular flexibility index (Phi) is 5.60. The predicted molar refractivity (Wildman–Crippen MR) is 142 cm³/mol. The Morgan fingerprint density at radius 1 is 0.833 bits per heavy atom. The minimum atomic E-state index is -0.0872. The number of nitrogens with one attached hydrogen (secondary N) is 2. The lowest BCUT2D eigenvalue weighted by atomic mass is 9.97. The lowest BCUT2D eigenvalue weighted by Gasteiger charge is -2.11. The van der Waals surface area contributed by atoms with Gasteiger partial charge in [0, 0.05) is 23.5 Å². The first-order valence-corrected chi connectivity index (χ1v) is 11.6. The van der Waals surface area contributed by atoms with E-state index in [0.29, 0.717) is 34.6 Å². The summed E-state index contributed by atoms with van der Waals surface area (Å²) in [7, 11) is 0. The molecule has 6 heteroatoms. The highest BCUT2D eigenvalue weighted by atomic mass is 16.5. The molecule has 0 amide bonds. The molecular weight excluding hydrogens is 448 g/mol. The molecule has 0 aliphatic rings. The molecule has 0 bridgehead atoms. The lowest BCUT2D eigenvalue weighted by molar-refractivity contribution is 0.104. The molecule has 0 saturated heterocycles. The van der Waals surface area contributed by atoms with Crippen molar-refractivity contribution in [3.63, 3.8) is 0 Å². The summed E-state index contributed by atoms with van der Waals surface area (Å²) in [4.78, 5) is 25.6. The highest BCUT2D eigenvalue weighted by Gasteiger charge is 2.20. The molecule has 174 valence electrons. The maximum Gasteiger partial charge on any atom is 0.195 e. The summed E-state index contributed by atoms with van der Waals surface area (Å²) in [6.07, 6.45) is 3.18. The van der Waals surface area contributed by atoms with Crippen molar-refractivity contribution in [2.24, 2.45) is 0 Å². The Balaban J connectivity index is 1.32. The normalized spacial score (nSPS) is 11.0. The Morgan fingerprint density at radius 2 is 1.64 bits per heavy atom. The van der Waals surface area contributed by atoms with Crippen molar-refractivity contribution < 1.29 is 9.53 Å². The largest absolute Gasteiger partial charge is 0.489 e. The Bertz CT molecular complexity index is 1690. The van der Waals surface area contributed by atoms with Crippen LogP contribution in [-0.2, 0) is 6.61 Å². The van der Waals surface area contributed by atoms with Gasteiger partial charge < -0.3 is 15.0 Å². The van der Waals surface area contributed by atoms with E-state index in [-0.39, 0.29) is 5.78 Å². The monoisotopic (exact) mass is 470 g/mol. The number of aromatic nitrogens is 3. The van der Waals surface area contributed by atoms with Gasteiger partial charge in [-0.3, -0.25) is 4.79 Å². The number of anilines is 2. The number of rotatable bonds is 7. The van der Waals surface area contributed by atoms with Crippen molar-refractivity contribution in [3.05, 3.63) is 126 Å². The highest BCUT2D eigenvalue weighted by Crippen LogP contribution is 2.30. The number of carbonyl (C=O) groups is 1. The van der Waals surface area contributed by atoms with Gasteiger partial charge in [0.25, 0.3) is 0 Å². The predicted octanol–water partition coefficient (Wildman–Crippen LogP) is 6.66. The SMILES string of the molecule is O=C(c1cccc2ccccc12)c1c[nH]c2ncnc(Nc3cccc(OCc4ccccc4)c3)c12. The molecule has 6 aromatic rings. The van der Waals surface area contributed by atoms with Gasteiger partial charge in [0.15, 0.2) is 5.78 Å². The molecule has 2 N–H and O–H groups in total. The molecule has 0 radical (unpaired) electrons. The van der Waals surface area contributed by atoms with Crippen molar-refractivity contribution in [1.29, 1.82) is 0 Å². The van der Waals surface area contributed by atoms with E-state index < -0.39 is 0 Å². The van der Waals surface area contributed by atoms with Crippen LogP contribution in [-0.4, -0.2) is 20.7 Å². The van der Waals surface area contributed by atoms with Crippen molar-refractivity contribution in [3.8, 4) is 5.75 Å². The average Bonchev–Trinajstić information content (AvgIpc) is 3.37. The average molecular weight is 471 g/mol. The number of ether oxygens (including phenoxy) is 1. The van der Waals surface area contributed by atoms with E-state index in [2.05, 4.69) is 20.3 Å². The number of carbonyl (C=O) groups excluding carboxylic acids is 1. The van der Waals surface area contributed by atoms with Crippen molar-refractivity contribution >= 4 is 39.1 Å². The molecule has 0 aliphatic carbocycles. The van der Waals surface area contributed by atoms with Crippen LogP contribution >= 0.6 is 0 Å². The van der Waals surface area contributed by atoms with Crippen LogP contribution in [0.25, 0.3) is 21.8 Å². The van der Waals surface area contributed by atoms with Crippen LogP contribution < -0.4 is 10.1 Å². The minimum absolute atomic E-state index is 0.0872. The van der Waals surface area contributed by atoms with E-state index >= 15 is 0 Å². The maximum atomic E-state index is 13.7. The summed E-state index contributed by atoms with van der Waals surface area (Å²) in [5, 5.41) is 5.93. The van der Waals surface area contributed by atoms with Crippen LogP contribution in [0.4, 0.5) is 11.5 Å². The molecule has 0 fully saturated rings. The van der Waals surface area contributed by atoms with Crippen molar-refractivity contribution in [1.82, 2.24) is 15.0 Å². The first kappa shape index (κ1) is 21.6. The highest BCUT2D eigenvalue weighted by molar-refractivity contribution is 6.22. The maximum absolute atomic E-state index is 13.7. The topological polar surface area (TPSA) is 79.9 Å². The van der Waals surface area contributed by atoms with Gasteiger partial charge in [0.2, 0.25) is 0 Å². The van der Waals surface area contributed by atoms with Gasteiger partial charge in [-0.05, 0) is 28.5 Å². The third-order valence-electron chi connectivity index (χ3n) is 6.09. The van der Waals surface area contributed by atoms with Crippen LogP contribution in [0.1, 0.15) is 21.5 Å². The summed E-state index contributed by atoms with van der Waals surface area (Å²) in [6, 6.07) is 31.3. The summed E-state index contributed by atoms with van der Waals surface area (Å²) < 4.78 is 5.97. The molecule has 2 aromatic heterocycles. The third kappa shape index (κ3) is 4.16. The van der Waals surface area contributed by atoms with Crippen LogP contribution in [0.2, 0.25) is 0 Å². The van der Waals surface area contributed by atoms with Gasteiger partial charge in [-0.1, -0.05) is 78.9 Å². The number of nitrogens with zero attached hydrogens (tertiary/aromatic N) is 2. The fraction of sp³-hybridized carbons (Fsp3) is 0.0333. The second-order valence-electron chi connectivity index (χ2n) is 8.43. The zero-order valence-corrected chi connectivity index (χ0v) is 19.3. The van der Waals surface area contributed by atoms with Gasteiger partial charge >= 0.3 is 0 Å². The number of benzene rings is 4. The minimum Gasteiger partial charge on any atom is -0.489 e. The standard InChI is InChI=1S/C30H22N4O2/c35-28(25-15-6-11-21-10-4-5-14-24(21)25)26-17-31-29-27(26)30(33-19-32-29)34-22-12-7-13-23(16-22)36-18-20-8-2-1-3-9-20/h1-17,19H,18H2,(H2,31,32,33,34). The number of aromatic amines is 1. The van der Waals surface area contributed by atoms with E-state index in [1.807, 2.05) is 97.1 Å². The molecule has 36 heavy (non-hydrogen) atoms. The number of fused-ring (bicyclic) bond motifs is 2. The first-order valence-electron chi connectivity index (χ1n) is 11.6. The molecule has 0 unspecified atom stereocenters.